The topological polar surface area (TPSA) is 16.4 Å². The van der Waals surface area contributed by atoms with Gasteiger partial charge in [-0.15, -0.1) is 0 Å². The average Bonchev–Trinajstić information content (AvgIpc) is 3.86. The van der Waals surface area contributed by atoms with E-state index in [0.717, 1.165) is 39.0 Å². The number of rotatable bonds is 7. The molecule has 10 aromatic carbocycles. The molecule has 0 saturated heterocycles. The summed E-state index contributed by atoms with van der Waals surface area (Å²) in [7, 11) is 0. The van der Waals surface area contributed by atoms with Crippen molar-refractivity contribution in [1.29, 1.82) is 0 Å². The van der Waals surface area contributed by atoms with Crippen LogP contribution in [0.2, 0.25) is 0 Å². The van der Waals surface area contributed by atoms with Crippen LogP contribution in [0.1, 0.15) is 22.3 Å². The molecule has 0 atom stereocenters. The number of nitrogens with zero attached hydrogens (tertiary/aromatic N) is 1. The molecule has 0 fully saturated rings. The van der Waals surface area contributed by atoms with Crippen LogP contribution in [0.4, 0.5) is 17.1 Å². The van der Waals surface area contributed by atoms with E-state index in [1.165, 1.54) is 66.4 Å². The van der Waals surface area contributed by atoms with Gasteiger partial charge in [-0.2, -0.15) is 0 Å². The minimum absolute atomic E-state index is 0.516. The van der Waals surface area contributed by atoms with Crippen molar-refractivity contribution in [2.24, 2.45) is 0 Å². The van der Waals surface area contributed by atoms with Crippen molar-refractivity contribution < 1.29 is 4.42 Å². The fourth-order valence-electron chi connectivity index (χ4n) is 9.99. The van der Waals surface area contributed by atoms with Crippen LogP contribution < -0.4 is 4.90 Å². The van der Waals surface area contributed by atoms with E-state index in [0.29, 0.717) is 0 Å². The number of benzene rings is 10. The van der Waals surface area contributed by atoms with Gasteiger partial charge >= 0.3 is 0 Å². The van der Waals surface area contributed by atoms with Crippen molar-refractivity contribution >= 4 is 49.8 Å². The molecule has 0 bridgehead atoms. The second-order valence-corrected chi connectivity index (χ2v) is 16.0. The second kappa shape index (κ2) is 14.1. The van der Waals surface area contributed by atoms with Crippen LogP contribution in [0, 0.1) is 0 Å². The van der Waals surface area contributed by atoms with Gasteiger partial charge in [0.1, 0.15) is 11.2 Å². The molecule has 1 heterocycles. The van der Waals surface area contributed by atoms with E-state index >= 15 is 0 Å². The van der Waals surface area contributed by atoms with Gasteiger partial charge in [0.2, 0.25) is 0 Å². The van der Waals surface area contributed by atoms with Gasteiger partial charge in [-0.1, -0.05) is 182 Å². The molecule has 61 heavy (non-hydrogen) atoms. The number of furan rings is 1. The molecule has 11 aromatic rings. The standard InChI is InChI=1S/C59H39NO/c1-5-15-40(16-6-1)42-25-29-47(30-26-42)60(49-32-35-53-57(39-49)61-56-36-28-44-37-43(27-33-50(44)58(53)56)41-17-7-2-8-18-41)48-31-34-52-51-23-13-14-24-54(51)59(55(52)38-48,45-19-9-3-10-20-45)46-21-11-4-12-22-46/h1-39H. The van der Waals surface area contributed by atoms with Crippen molar-refractivity contribution in [3.05, 3.63) is 259 Å². The predicted octanol–water partition coefficient (Wildman–Crippen LogP) is 15.9. The highest BCUT2D eigenvalue weighted by Crippen LogP contribution is 2.57. The number of hydrogen-bond donors (Lipinski definition) is 0. The van der Waals surface area contributed by atoms with E-state index in [1.54, 1.807) is 0 Å². The van der Waals surface area contributed by atoms with Crippen molar-refractivity contribution in [3.8, 4) is 33.4 Å². The third-order valence-corrected chi connectivity index (χ3v) is 12.7. The summed E-state index contributed by atoms with van der Waals surface area (Å²) in [5.74, 6) is 0. The van der Waals surface area contributed by atoms with Gasteiger partial charge in [0.05, 0.1) is 5.41 Å². The molecule has 0 unspecified atom stereocenters. The van der Waals surface area contributed by atoms with E-state index in [4.69, 9.17) is 4.42 Å². The Hall–Kier alpha value is -7.94. The molecule has 0 radical (unpaired) electrons. The van der Waals surface area contributed by atoms with Crippen LogP contribution >= 0.6 is 0 Å². The number of anilines is 3. The summed E-state index contributed by atoms with van der Waals surface area (Å²) in [4.78, 5) is 2.38. The molecule has 286 valence electrons. The molecule has 1 aromatic heterocycles. The zero-order chi connectivity index (χ0) is 40.3. The molecular weight excluding hydrogens is 739 g/mol. The lowest BCUT2D eigenvalue weighted by Gasteiger charge is -2.35. The maximum absolute atomic E-state index is 6.75. The Bertz CT molecular complexity index is 3350. The van der Waals surface area contributed by atoms with E-state index < -0.39 is 5.41 Å². The third kappa shape index (κ3) is 5.57. The van der Waals surface area contributed by atoms with Crippen molar-refractivity contribution in [2.45, 2.75) is 5.41 Å². The van der Waals surface area contributed by atoms with Crippen LogP contribution in [-0.2, 0) is 5.41 Å². The molecule has 0 spiro atoms. The smallest absolute Gasteiger partial charge is 0.137 e. The molecule has 1 aliphatic rings. The molecule has 2 heteroatoms. The third-order valence-electron chi connectivity index (χ3n) is 12.7. The largest absolute Gasteiger partial charge is 0.456 e. The Morgan fingerprint density at radius 1 is 0.328 bits per heavy atom. The minimum Gasteiger partial charge on any atom is -0.456 e. The monoisotopic (exact) mass is 777 g/mol. The van der Waals surface area contributed by atoms with Gasteiger partial charge in [0, 0.05) is 33.9 Å². The lowest BCUT2D eigenvalue weighted by atomic mass is 9.67. The second-order valence-electron chi connectivity index (χ2n) is 16.0. The highest BCUT2D eigenvalue weighted by atomic mass is 16.3. The van der Waals surface area contributed by atoms with E-state index in [2.05, 4.69) is 241 Å². The Morgan fingerprint density at radius 2 is 0.852 bits per heavy atom. The summed E-state index contributed by atoms with van der Waals surface area (Å²) < 4.78 is 6.75. The molecule has 0 aliphatic heterocycles. The van der Waals surface area contributed by atoms with Crippen LogP contribution in [0.15, 0.2) is 241 Å². The molecule has 1 aliphatic carbocycles. The van der Waals surface area contributed by atoms with Crippen molar-refractivity contribution in [1.82, 2.24) is 0 Å². The first kappa shape index (κ1) is 35.0. The zero-order valence-electron chi connectivity index (χ0n) is 33.4. The van der Waals surface area contributed by atoms with Crippen LogP contribution in [-0.4, -0.2) is 0 Å². The zero-order valence-corrected chi connectivity index (χ0v) is 33.4. The Morgan fingerprint density at radius 3 is 1.56 bits per heavy atom. The minimum atomic E-state index is -0.516. The van der Waals surface area contributed by atoms with E-state index in [1.807, 2.05) is 0 Å². The van der Waals surface area contributed by atoms with Gasteiger partial charge in [0.15, 0.2) is 0 Å². The number of fused-ring (bicyclic) bond motifs is 8. The first-order valence-electron chi connectivity index (χ1n) is 21.0. The fourth-order valence-corrected chi connectivity index (χ4v) is 9.99. The molecular formula is C59H39NO. The highest BCUT2D eigenvalue weighted by molar-refractivity contribution is 6.19. The lowest BCUT2D eigenvalue weighted by molar-refractivity contribution is 0.669. The van der Waals surface area contributed by atoms with Crippen LogP contribution in [0.25, 0.3) is 66.1 Å². The Kier molecular flexibility index (Phi) is 8.11. The summed E-state index contributed by atoms with van der Waals surface area (Å²) in [6.45, 7) is 0. The number of hydrogen-bond acceptors (Lipinski definition) is 2. The maximum Gasteiger partial charge on any atom is 0.137 e. The quantitative estimate of drug-likeness (QED) is 0.160. The van der Waals surface area contributed by atoms with Gasteiger partial charge in [-0.05, 0) is 115 Å². The predicted molar refractivity (Wildman–Crippen MR) is 254 cm³/mol. The summed E-state index contributed by atoms with van der Waals surface area (Å²) in [5.41, 5.74) is 16.7. The Balaban J connectivity index is 1.06. The van der Waals surface area contributed by atoms with Gasteiger partial charge < -0.3 is 9.32 Å². The lowest BCUT2D eigenvalue weighted by Crippen LogP contribution is -2.28. The first-order chi connectivity index (χ1) is 30.2. The van der Waals surface area contributed by atoms with E-state index in [9.17, 15) is 0 Å². The summed E-state index contributed by atoms with van der Waals surface area (Å²) >= 11 is 0. The molecule has 2 nitrogen and oxygen atoms in total. The fraction of sp³-hybridized carbons (Fsp3) is 0.0169. The van der Waals surface area contributed by atoms with Crippen molar-refractivity contribution in [3.63, 3.8) is 0 Å². The van der Waals surface area contributed by atoms with Gasteiger partial charge in [-0.25, -0.2) is 0 Å². The summed E-state index contributed by atoms with van der Waals surface area (Å²) in [5, 5.41) is 4.63. The highest BCUT2D eigenvalue weighted by Gasteiger charge is 2.46. The Labute approximate surface area is 355 Å². The van der Waals surface area contributed by atoms with Gasteiger partial charge in [0.25, 0.3) is 0 Å². The van der Waals surface area contributed by atoms with E-state index in [-0.39, 0.29) is 0 Å². The van der Waals surface area contributed by atoms with Crippen molar-refractivity contribution in [2.75, 3.05) is 4.90 Å². The molecule has 0 saturated carbocycles. The molecule has 0 amide bonds. The molecule has 12 rings (SSSR count). The summed E-state index contributed by atoms with van der Waals surface area (Å²) in [6, 6.07) is 85.9. The van der Waals surface area contributed by atoms with Crippen LogP contribution in [0.5, 0.6) is 0 Å². The van der Waals surface area contributed by atoms with Gasteiger partial charge in [-0.3, -0.25) is 0 Å². The van der Waals surface area contributed by atoms with Crippen LogP contribution in [0.3, 0.4) is 0 Å². The normalized spacial score (nSPS) is 12.7. The molecule has 0 N–H and O–H groups in total. The summed E-state index contributed by atoms with van der Waals surface area (Å²) in [6.07, 6.45) is 0. The average molecular weight is 778 g/mol. The first-order valence-corrected chi connectivity index (χ1v) is 21.0. The SMILES string of the molecule is c1ccc(-c2ccc(N(c3ccc4c(c3)C(c3ccccc3)(c3ccccc3)c3ccccc3-4)c3ccc4c(c3)oc3ccc5cc(-c6ccccc6)ccc5c34)cc2)cc1. The maximum atomic E-state index is 6.75.